The molecular formula is C16H13FN2. The van der Waals surface area contributed by atoms with E-state index in [2.05, 4.69) is 10.3 Å². The lowest BCUT2D eigenvalue weighted by Gasteiger charge is -2.09. The summed E-state index contributed by atoms with van der Waals surface area (Å²) in [6.07, 6.45) is 1.78. The van der Waals surface area contributed by atoms with Crippen LogP contribution in [0.2, 0.25) is 0 Å². The normalized spacial score (nSPS) is 10.6. The highest BCUT2D eigenvalue weighted by Gasteiger charge is 2.00. The van der Waals surface area contributed by atoms with Gasteiger partial charge in [-0.15, -0.1) is 0 Å². The molecule has 3 heteroatoms. The number of hydrogen-bond donors (Lipinski definition) is 1. The lowest BCUT2D eigenvalue weighted by Crippen LogP contribution is -2.00. The summed E-state index contributed by atoms with van der Waals surface area (Å²) in [5.41, 5.74) is 3.05. The van der Waals surface area contributed by atoms with E-state index in [1.54, 1.807) is 18.3 Å². The molecule has 1 heterocycles. The molecule has 0 amide bonds. The van der Waals surface area contributed by atoms with Crippen molar-refractivity contribution in [2.24, 2.45) is 0 Å². The van der Waals surface area contributed by atoms with Crippen molar-refractivity contribution in [3.05, 3.63) is 72.2 Å². The first-order valence-corrected chi connectivity index (χ1v) is 6.15. The van der Waals surface area contributed by atoms with E-state index in [4.69, 9.17) is 0 Å². The van der Waals surface area contributed by atoms with Gasteiger partial charge in [0.1, 0.15) is 5.82 Å². The quantitative estimate of drug-likeness (QED) is 0.762. The maximum atomic E-state index is 12.8. The summed E-state index contributed by atoms with van der Waals surface area (Å²) in [4.78, 5) is 4.32. The van der Waals surface area contributed by atoms with Gasteiger partial charge in [-0.1, -0.05) is 18.2 Å². The Bertz CT molecular complexity index is 687. The van der Waals surface area contributed by atoms with Gasteiger partial charge in [-0.2, -0.15) is 0 Å². The molecule has 0 radical (unpaired) electrons. The van der Waals surface area contributed by atoms with E-state index in [0.29, 0.717) is 6.54 Å². The van der Waals surface area contributed by atoms with E-state index in [0.717, 1.165) is 22.2 Å². The molecule has 0 saturated heterocycles. The Morgan fingerprint density at radius 1 is 0.947 bits per heavy atom. The van der Waals surface area contributed by atoms with E-state index in [9.17, 15) is 4.39 Å². The van der Waals surface area contributed by atoms with Gasteiger partial charge in [-0.3, -0.25) is 4.98 Å². The highest BCUT2D eigenvalue weighted by atomic mass is 19.1. The van der Waals surface area contributed by atoms with Gasteiger partial charge < -0.3 is 5.32 Å². The molecule has 3 aromatic rings. The summed E-state index contributed by atoms with van der Waals surface area (Å²) in [6.45, 7) is 0.661. The summed E-state index contributed by atoms with van der Waals surface area (Å²) >= 11 is 0. The number of halogens is 1. The van der Waals surface area contributed by atoms with Crippen molar-refractivity contribution in [2.75, 3.05) is 5.32 Å². The molecule has 2 nitrogen and oxygen atoms in total. The van der Waals surface area contributed by atoms with Gasteiger partial charge >= 0.3 is 0 Å². The van der Waals surface area contributed by atoms with E-state index in [1.807, 2.05) is 30.3 Å². The van der Waals surface area contributed by atoms with Gasteiger partial charge in [0.05, 0.1) is 5.52 Å². The number of benzene rings is 2. The third kappa shape index (κ3) is 2.55. The third-order valence-corrected chi connectivity index (χ3v) is 3.04. The van der Waals surface area contributed by atoms with Crippen LogP contribution >= 0.6 is 0 Å². The fraction of sp³-hybridized carbons (Fsp3) is 0.0625. The zero-order valence-electron chi connectivity index (χ0n) is 10.3. The first-order valence-electron chi connectivity index (χ1n) is 6.15. The number of fused-ring (bicyclic) bond motifs is 1. The van der Waals surface area contributed by atoms with Crippen molar-refractivity contribution in [1.29, 1.82) is 0 Å². The molecule has 3 rings (SSSR count). The Balaban J connectivity index is 1.84. The van der Waals surface area contributed by atoms with E-state index in [1.165, 1.54) is 12.1 Å². The van der Waals surface area contributed by atoms with Crippen molar-refractivity contribution in [3.63, 3.8) is 0 Å². The zero-order chi connectivity index (χ0) is 13.1. The number of aromatic nitrogens is 1. The van der Waals surface area contributed by atoms with Gasteiger partial charge in [0.15, 0.2) is 0 Å². The van der Waals surface area contributed by atoms with Crippen LogP contribution in [0.25, 0.3) is 10.9 Å². The van der Waals surface area contributed by atoms with Crippen molar-refractivity contribution in [2.45, 2.75) is 6.54 Å². The van der Waals surface area contributed by atoms with Crippen LogP contribution in [0, 0.1) is 5.82 Å². The highest BCUT2D eigenvalue weighted by Crippen LogP contribution is 2.21. The van der Waals surface area contributed by atoms with E-state index < -0.39 is 0 Å². The number of pyridine rings is 1. The second-order valence-electron chi connectivity index (χ2n) is 4.36. The Morgan fingerprint density at radius 3 is 2.63 bits per heavy atom. The molecule has 0 saturated carbocycles. The molecule has 0 aliphatic carbocycles. The second kappa shape index (κ2) is 5.06. The van der Waals surface area contributed by atoms with Crippen molar-refractivity contribution >= 4 is 16.6 Å². The molecule has 0 spiro atoms. The average molecular weight is 252 g/mol. The van der Waals surface area contributed by atoms with Crippen LogP contribution in [0.15, 0.2) is 60.8 Å². The topological polar surface area (TPSA) is 24.9 Å². The smallest absolute Gasteiger partial charge is 0.123 e. The van der Waals surface area contributed by atoms with Crippen LogP contribution < -0.4 is 5.32 Å². The first kappa shape index (κ1) is 11.7. The van der Waals surface area contributed by atoms with Crippen LogP contribution in [0.4, 0.5) is 10.1 Å². The molecule has 94 valence electrons. The number of anilines is 1. The van der Waals surface area contributed by atoms with E-state index in [-0.39, 0.29) is 5.82 Å². The largest absolute Gasteiger partial charge is 0.380 e. The van der Waals surface area contributed by atoms with Gasteiger partial charge in [0, 0.05) is 23.8 Å². The van der Waals surface area contributed by atoms with Crippen molar-refractivity contribution < 1.29 is 4.39 Å². The molecule has 0 unspecified atom stereocenters. The van der Waals surface area contributed by atoms with Crippen LogP contribution in [-0.2, 0) is 6.54 Å². The molecule has 1 aromatic heterocycles. The molecule has 0 aliphatic rings. The Labute approximate surface area is 110 Å². The number of rotatable bonds is 3. The summed E-state index contributed by atoms with van der Waals surface area (Å²) in [5.74, 6) is -0.210. The fourth-order valence-electron chi connectivity index (χ4n) is 2.06. The Hall–Kier alpha value is -2.42. The zero-order valence-corrected chi connectivity index (χ0v) is 10.3. The number of nitrogens with one attached hydrogen (secondary N) is 1. The summed E-state index contributed by atoms with van der Waals surface area (Å²) in [7, 11) is 0. The van der Waals surface area contributed by atoms with Crippen LogP contribution in [-0.4, -0.2) is 4.98 Å². The van der Waals surface area contributed by atoms with Gasteiger partial charge in [0.2, 0.25) is 0 Å². The van der Waals surface area contributed by atoms with Crippen LogP contribution in [0.1, 0.15) is 5.56 Å². The predicted molar refractivity (Wildman–Crippen MR) is 75.5 cm³/mol. The third-order valence-electron chi connectivity index (χ3n) is 3.04. The van der Waals surface area contributed by atoms with Gasteiger partial charge in [0.25, 0.3) is 0 Å². The number of hydrogen-bond acceptors (Lipinski definition) is 2. The lowest BCUT2D eigenvalue weighted by atomic mass is 10.1. The van der Waals surface area contributed by atoms with Gasteiger partial charge in [-0.25, -0.2) is 4.39 Å². The molecule has 0 fully saturated rings. The maximum Gasteiger partial charge on any atom is 0.123 e. The molecule has 0 aliphatic heterocycles. The molecule has 2 aromatic carbocycles. The Kier molecular flexibility index (Phi) is 3.11. The first-order chi connectivity index (χ1) is 9.33. The molecule has 19 heavy (non-hydrogen) atoms. The summed E-state index contributed by atoms with van der Waals surface area (Å²) in [6, 6.07) is 16.5. The van der Waals surface area contributed by atoms with Crippen molar-refractivity contribution in [1.82, 2.24) is 4.98 Å². The minimum atomic E-state index is -0.210. The lowest BCUT2D eigenvalue weighted by molar-refractivity contribution is 0.627. The highest BCUT2D eigenvalue weighted by molar-refractivity contribution is 5.91. The minimum Gasteiger partial charge on any atom is -0.380 e. The molecule has 0 bridgehead atoms. The second-order valence-corrected chi connectivity index (χ2v) is 4.36. The predicted octanol–water partition coefficient (Wildman–Crippen LogP) is 3.99. The summed E-state index contributed by atoms with van der Waals surface area (Å²) < 4.78 is 12.8. The Morgan fingerprint density at radius 2 is 1.79 bits per heavy atom. The number of nitrogens with zero attached hydrogens (tertiary/aromatic N) is 1. The molecule has 0 atom stereocenters. The fourth-order valence-corrected chi connectivity index (χ4v) is 2.06. The SMILES string of the molecule is Fc1ccc(CNc2cccc3ncccc23)cc1. The van der Waals surface area contributed by atoms with E-state index >= 15 is 0 Å². The van der Waals surface area contributed by atoms with Crippen molar-refractivity contribution in [3.8, 4) is 0 Å². The summed E-state index contributed by atoms with van der Waals surface area (Å²) in [5, 5.41) is 4.45. The monoisotopic (exact) mass is 252 g/mol. The van der Waals surface area contributed by atoms with Crippen LogP contribution in [0.5, 0.6) is 0 Å². The average Bonchev–Trinajstić information content (AvgIpc) is 2.47. The maximum absolute atomic E-state index is 12.8. The van der Waals surface area contributed by atoms with Crippen LogP contribution in [0.3, 0.4) is 0 Å². The standard InChI is InChI=1S/C16H13FN2/c17-13-8-6-12(7-9-13)11-19-16-5-1-4-15-14(16)3-2-10-18-15/h1-10,19H,11H2. The molecule has 1 N–H and O–H groups in total. The van der Waals surface area contributed by atoms with Gasteiger partial charge in [-0.05, 0) is 42.0 Å². The minimum absolute atomic E-state index is 0.210. The molecular weight excluding hydrogens is 239 g/mol.